The molecule has 0 radical (unpaired) electrons. The van der Waals surface area contributed by atoms with Gasteiger partial charge in [-0.1, -0.05) is 6.07 Å². The maximum Gasteiger partial charge on any atom is 0.126 e. The fourth-order valence-electron chi connectivity index (χ4n) is 1.61. The van der Waals surface area contributed by atoms with Crippen LogP contribution in [0.1, 0.15) is 11.4 Å². The summed E-state index contributed by atoms with van der Waals surface area (Å²) in [5, 5.41) is 0. The SMILES string of the molecule is Cc1cccc(CS(=O)c2cc(N)cc(F)c2)n1. The summed E-state index contributed by atoms with van der Waals surface area (Å²) >= 11 is 0. The Bertz CT molecular complexity index is 581. The van der Waals surface area contributed by atoms with E-state index < -0.39 is 16.6 Å². The lowest BCUT2D eigenvalue weighted by molar-refractivity contribution is 0.623. The Morgan fingerprint density at radius 3 is 2.78 bits per heavy atom. The number of pyridine rings is 1. The molecular weight excluding hydrogens is 251 g/mol. The highest BCUT2D eigenvalue weighted by Crippen LogP contribution is 2.16. The van der Waals surface area contributed by atoms with Gasteiger partial charge in [0.25, 0.3) is 0 Å². The predicted octanol–water partition coefficient (Wildman–Crippen LogP) is 2.42. The molecule has 0 aliphatic rings. The molecule has 0 saturated heterocycles. The summed E-state index contributed by atoms with van der Waals surface area (Å²) in [5.41, 5.74) is 7.38. The lowest BCUT2D eigenvalue weighted by Gasteiger charge is -2.04. The van der Waals surface area contributed by atoms with Gasteiger partial charge in [0.2, 0.25) is 0 Å². The van der Waals surface area contributed by atoms with Crippen LogP contribution in [0.15, 0.2) is 41.3 Å². The Labute approximate surface area is 107 Å². The maximum absolute atomic E-state index is 13.2. The first-order valence-corrected chi connectivity index (χ1v) is 6.73. The zero-order valence-corrected chi connectivity index (χ0v) is 10.7. The molecule has 0 bridgehead atoms. The Kier molecular flexibility index (Phi) is 3.72. The third-order valence-electron chi connectivity index (χ3n) is 2.38. The molecule has 0 aliphatic heterocycles. The van der Waals surface area contributed by atoms with Gasteiger partial charge in [-0.05, 0) is 37.3 Å². The summed E-state index contributed by atoms with van der Waals surface area (Å²) in [7, 11) is -1.35. The summed E-state index contributed by atoms with van der Waals surface area (Å²) in [6.45, 7) is 1.87. The molecule has 0 saturated carbocycles. The largest absolute Gasteiger partial charge is 0.399 e. The van der Waals surface area contributed by atoms with E-state index in [4.69, 9.17) is 5.73 Å². The number of rotatable bonds is 3. The Morgan fingerprint density at radius 2 is 2.11 bits per heavy atom. The van der Waals surface area contributed by atoms with Gasteiger partial charge in [-0.3, -0.25) is 9.19 Å². The van der Waals surface area contributed by atoms with Gasteiger partial charge in [0.15, 0.2) is 0 Å². The smallest absolute Gasteiger partial charge is 0.126 e. The van der Waals surface area contributed by atoms with Crippen LogP contribution in [0.2, 0.25) is 0 Å². The summed E-state index contributed by atoms with van der Waals surface area (Å²) < 4.78 is 25.2. The van der Waals surface area contributed by atoms with Crippen molar-refractivity contribution in [1.82, 2.24) is 4.98 Å². The van der Waals surface area contributed by atoms with Crippen molar-refractivity contribution in [3.05, 3.63) is 53.6 Å². The molecule has 3 nitrogen and oxygen atoms in total. The van der Waals surface area contributed by atoms with E-state index in [1.807, 2.05) is 19.1 Å². The highest BCUT2D eigenvalue weighted by atomic mass is 32.2. The predicted molar refractivity (Wildman–Crippen MR) is 69.9 cm³/mol. The summed E-state index contributed by atoms with van der Waals surface area (Å²) in [4.78, 5) is 4.65. The molecule has 1 aromatic carbocycles. The van der Waals surface area contributed by atoms with Gasteiger partial charge >= 0.3 is 0 Å². The number of hydrogen-bond acceptors (Lipinski definition) is 3. The van der Waals surface area contributed by atoms with E-state index in [-0.39, 0.29) is 11.4 Å². The second-order valence-corrected chi connectivity index (χ2v) is 5.43. The van der Waals surface area contributed by atoms with E-state index in [2.05, 4.69) is 4.98 Å². The first kappa shape index (κ1) is 12.7. The number of benzene rings is 1. The highest BCUT2D eigenvalue weighted by molar-refractivity contribution is 7.84. The second kappa shape index (κ2) is 5.27. The van der Waals surface area contributed by atoms with E-state index in [0.29, 0.717) is 4.90 Å². The fraction of sp³-hybridized carbons (Fsp3) is 0.154. The Hall–Kier alpha value is -1.75. The van der Waals surface area contributed by atoms with Crippen LogP contribution >= 0.6 is 0 Å². The summed E-state index contributed by atoms with van der Waals surface area (Å²) in [5.74, 6) is -0.222. The minimum atomic E-state index is -1.35. The van der Waals surface area contributed by atoms with Crippen molar-refractivity contribution in [3.8, 4) is 0 Å². The van der Waals surface area contributed by atoms with Gasteiger partial charge in [0.1, 0.15) is 5.82 Å². The van der Waals surface area contributed by atoms with Crippen LogP contribution in [0.25, 0.3) is 0 Å². The number of anilines is 1. The molecule has 5 heteroatoms. The van der Waals surface area contributed by atoms with Gasteiger partial charge in [0.05, 0.1) is 22.2 Å². The summed E-state index contributed by atoms with van der Waals surface area (Å²) in [6, 6.07) is 9.48. The molecule has 1 heterocycles. The zero-order valence-electron chi connectivity index (χ0n) is 9.89. The molecule has 0 amide bonds. The molecule has 2 rings (SSSR count). The second-order valence-electron chi connectivity index (χ2n) is 3.98. The van der Waals surface area contributed by atoms with Crippen LogP contribution < -0.4 is 5.73 Å². The number of aryl methyl sites for hydroxylation is 1. The third-order valence-corrected chi connectivity index (χ3v) is 3.70. The first-order chi connectivity index (χ1) is 8.54. The van der Waals surface area contributed by atoms with Crippen molar-refractivity contribution >= 4 is 16.5 Å². The van der Waals surface area contributed by atoms with E-state index in [0.717, 1.165) is 11.4 Å². The summed E-state index contributed by atoms with van der Waals surface area (Å²) in [6.07, 6.45) is 0. The van der Waals surface area contributed by atoms with Gasteiger partial charge in [-0.25, -0.2) is 4.39 Å². The number of hydrogen-bond donors (Lipinski definition) is 1. The monoisotopic (exact) mass is 264 g/mol. The number of aromatic nitrogens is 1. The number of halogens is 1. The van der Waals surface area contributed by atoms with Crippen LogP contribution in [-0.2, 0) is 16.6 Å². The Balaban J connectivity index is 2.22. The Morgan fingerprint density at radius 1 is 1.33 bits per heavy atom. The van der Waals surface area contributed by atoms with Crippen LogP contribution in [0.3, 0.4) is 0 Å². The van der Waals surface area contributed by atoms with Crippen molar-refractivity contribution in [3.63, 3.8) is 0 Å². The normalized spacial score (nSPS) is 12.3. The van der Waals surface area contributed by atoms with Crippen LogP contribution in [0, 0.1) is 12.7 Å². The molecule has 1 unspecified atom stereocenters. The topological polar surface area (TPSA) is 56.0 Å². The highest BCUT2D eigenvalue weighted by Gasteiger charge is 2.08. The van der Waals surface area contributed by atoms with E-state index in [1.165, 1.54) is 18.2 Å². The van der Waals surface area contributed by atoms with Gasteiger partial charge in [0, 0.05) is 16.3 Å². The van der Waals surface area contributed by atoms with E-state index in [1.54, 1.807) is 6.07 Å². The zero-order chi connectivity index (χ0) is 13.1. The molecular formula is C13H13FN2OS. The van der Waals surface area contributed by atoms with E-state index >= 15 is 0 Å². The molecule has 1 atom stereocenters. The molecule has 18 heavy (non-hydrogen) atoms. The van der Waals surface area contributed by atoms with Crippen molar-refractivity contribution in [2.45, 2.75) is 17.6 Å². The average Bonchev–Trinajstić information content (AvgIpc) is 2.27. The van der Waals surface area contributed by atoms with Crippen LogP contribution in [0.4, 0.5) is 10.1 Å². The number of nitrogen functional groups attached to an aromatic ring is 1. The van der Waals surface area contributed by atoms with Crippen LogP contribution in [0.5, 0.6) is 0 Å². The lowest BCUT2D eigenvalue weighted by Crippen LogP contribution is -2.01. The van der Waals surface area contributed by atoms with Gasteiger partial charge < -0.3 is 5.73 Å². The number of nitrogens with zero attached hydrogens (tertiary/aromatic N) is 1. The minimum absolute atomic E-state index is 0.255. The van der Waals surface area contributed by atoms with Gasteiger partial charge in [-0.15, -0.1) is 0 Å². The van der Waals surface area contributed by atoms with Gasteiger partial charge in [-0.2, -0.15) is 0 Å². The molecule has 2 aromatic rings. The van der Waals surface area contributed by atoms with Crippen molar-refractivity contribution in [2.24, 2.45) is 0 Å². The quantitative estimate of drug-likeness (QED) is 0.866. The lowest BCUT2D eigenvalue weighted by atomic mass is 10.3. The van der Waals surface area contributed by atoms with Crippen molar-refractivity contribution in [1.29, 1.82) is 0 Å². The van der Waals surface area contributed by atoms with Crippen molar-refractivity contribution < 1.29 is 8.60 Å². The minimum Gasteiger partial charge on any atom is -0.399 e. The molecule has 1 aromatic heterocycles. The standard InChI is InChI=1S/C13H13FN2OS/c1-9-3-2-4-12(16-9)8-18(17)13-6-10(14)5-11(15)7-13/h2-7H,8,15H2,1H3. The van der Waals surface area contributed by atoms with Crippen LogP contribution in [-0.4, -0.2) is 9.19 Å². The molecule has 94 valence electrons. The average molecular weight is 264 g/mol. The van der Waals surface area contributed by atoms with E-state index in [9.17, 15) is 8.60 Å². The molecule has 2 N–H and O–H groups in total. The number of nitrogens with two attached hydrogens (primary N) is 1. The third kappa shape index (κ3) is 3.13. The molecule has 0 aliphatic carbocycles. The molecule has 0 spiro atoms. The maximum atomic E-state index is 13.2. The van der Waals surface area contributed by atoms with Crippen molar-refractivity contribution in [2.75, 3.05) is 5.73 Å². The molecule has 0 fully saturated rings. The first-order valence-electron chi connectivity index (χ1n) is 5.41. The fourth-order valence-corrected chi connectivity index (χ4v) is 2.72.